The van der Waals surface area contributed by atoms with Crippen molar-refractivity contribution < 1.29 is 4.39 Å². The van der Waals surface area contributed by atoms with E-state index < -0.39 is 0 Å². The second-order valence-corrected chi connectivity index (χ2v) is 3.40. The van der Waals surface area contributed by atoms with Crippen LogP contribution in [-0.4, -0.2) is 0 Å². The summed E-state index contributed by atoms with van der Waals surface area (Å²) in [5, 5.41) is 0. The molecular weight excluding hydrogens is 207 g/mol. The van der Waals surface area contributed by atoms with Gasteiger partial charge in [-0.3, -0.25) is 0 Å². The predicted octanol–water partition coefficient (Wildman–Crippen LogP) is 3.54. The molecule has 0 N–H and O–H groups in total. The van der Waals surface area contributed by atoms with E-state index in [0.717, 1.165) is 22.9 Å². The third kappa shape index (κ3) is 2.29. The summed E-state index contributed by atoms with van der Waals surface area (Å²) in [5.41, 5.74) is 0.793. The van der Waals surface area contributed by atoms with Crippen LogP contribution in [0, 0.1) is 5.82 Å². The minimum atomic E-state index is -0.102. The average Bonchev–Trinajstić information content (AvgIpc) is 1.98. The third-order valence-corrected chi connectivity index (χ3v) is 2.02. The highest BCUT2D eigenvalue weighted by atomic mass is 79.9. The van der Waals surface area contributed by atoms with Gasteiger partial charge in [0.2, 0.25) is 0 Å². The summed E-state index contributed by atoms with van der Waals surface area (Å²) in [6, 6.07) is 5.04. The van der Waals surface area contributed by atoms with Gasteiger partial charge in [-0.25, -0.2) is 4.39 Å². The highest BCUT2D eigenvalue weighted by Crippen LogP contribution is 2.16. The van der Waals surface area contributed by atoms with Gasteiger partial charge < -0.3 is 0 Å². The number of halogens is 2. The lowest BCUT2D eigenvalue weighted by molar-refractivity contribution is 0.607. The Kier molecular flexibility index (Phi) is 3.06. The summed E-state index contributed by atoms with van der Waals surface area (Å²) in [7, 11) is 0. The molecule has 0 fully saturated rings. The van der Waals surface area contributed by atoms with E-state index in [4.69, 9.17) is 0 Å². The first-order valence-corrected chi connectivity index (χ1v) is 4.47. The SMILES string of the molecule is CCCc1cc(Br)ccc1F. The van der Waals surface area contributed by atoms with Crippen molar-refractivity contribution in [3.8, 4) is 0 Å². The molecule has 0 radical (unpaired) electrons. The first-order chi connectivity index (χ1) is 5.24. The monoisotopic (exact) mass is 216 g/mol. The van der Waals surface area contributed by atoms with Crippen LogP contribution < -0.4 is 0 Å². The lowest BCUT2D eigenvalue weighted by atomic mass is 10.1. The highest BCUT2D eigenvalue weighted by Gasteiger charge is 2.00. The highest BCUT2D eigenvalue weighted by molar-refractivity contribution is 9.10. The van der Waals surface area contributed by atoms with Gasteiger partial charge in [0.1, 0.15) is 5.82 Å². The second kappa shape index (κ2) is 3.86. The number of hydrogen-bond donors (Lipinski definition) is 0. The maximum Gasteiger partial charge on any atom is 0.126 e. The fourth-order valence-corrected chi connectivity index (χ4v) is 1.41. The van der Waals surface area contributed by atoms with Crippen molar-refractivity contribution in [3.63, 3.8) is 0 Å². The molecule has 0 aliphatic rings. The van der Waals surface area contributed by atoms with Gasteiger partial charge in [-0.15, -0.1) is 0 Å². The summed E-state index contributed by atoms with van der Waals surface area (Å²) >= 11 is 3.30. The standard InChI is InChI=1S/C9H10BrF/c1-2-3-7-6-8(10)4-5-9(7)11/h4-6H,2-3H2,1H3. The number of benzene rings is 1. The molecule has 1 rings (SSSR count). The van der Waals surface area contributed by atoms with Crippen LogP contribution in [0.25, 0.3) is 0 Å². The van der Waals surface area contributed by atoms with Crippen LogP contribution >= 0.6 is 15.9 Å². The van der Waals surface area contributed by atoms with E-state index >= 15 is 0 Å². The average molecular weight is 217 g/mol. The fourth-order valence-electron chi connectivity index (χ4n) is 1.00. The Labute approximate surface area is 74.6 Å². The molecule has 0 saturated carbocycles. The Balaban J connectivity index is 2.93. The minimum Gasteiger partial charge on any atom is -0.207 e. The van der Waals surface area contributed by atoms with E-state index in [-0.39, 0.29) is 5.82 Å². The lowest BCUT2D eigenvalue weighted by Crippen LogP contribution is -1.88. The summed E-state index contributed by atoms with van der Waals surface area (Å²) in [6.07, 6.45) is 1.79. The molecule has 0 unspecified atom stereocenters. The Morgan fingerprint density at radius 2 is 2.18 bits per heavy atom. The Hall–Kier alpha value is -0.370. The van der Waals surface area contributed by atoms with Gasteiger partial charge in [-0.1, -0.05) is 29.3 Å². The van der Waals surface area contributed by atoms with Gasteiger partial charge >= 0.3 is 0 Å². The third-order valence-electron chi connectivity index (χ3n) is 1.53. The van der Waals surface area contributed by atoms with Gasteiger partial charge in [0.05, 0.1) is 0 Å². The van der Waals surface area contributed by atoms with Crippen molar-refractivity contribution in [2.24, 2.45) is 0 Å². The van der Waals surface area contributed by atoms with Crippen molar-refractivity contribution in [2.75, 3.05) is 0 Å². The van der Waals surface area contributed by atoms with Gasteiger partial charge in [-0.2, -0.15) is 0 Å². The van der Waals surface area contributed by atoms with Crippen molar-refractivity contribution in [1.29, 1.82) is 0 Å². The van der Waals surface area contributed by atoms with Crippen LogP contribution in [0.1, 0.15) is 18.9 Å². The Morgan fingerprint density at radius 1 is 1.45 bits per heavy atom. The van der Waals surface area contributed by atoms with E-state index in [9.17, 15) is 4.39 Å². The molecule has 1 aromatic rings. The maximum absolute atomic E-state index is 12.9. The minimum absolute atomic E-state index is 0.102. The number of rotatable bonds is 2. The zero-order valence-electron chi connectivity index (χ0n) is 6.40. The van der Waals surface area contributed by atoms with Crippen molar-refractivity contribution in [1.82, 2.24) is 0 Å². The van der Waals surface area contributed by atoms with Crippen LogP contribution in [0.3, 0.4) is 0 Å². The maximum atomic E-state index is 12.9. The normalized spacial score (nSPS) is 10.1. The summed E-state index contributed by atoms with van der Waals surface area (Å²) < 4.78 is 13.9. The van der Waals surface area contributed by atoms with Crippen molar-refractivity contribution in [3.05, 3.63) is 34.1 Å². The molecule has 0 aliphatic carbocycles. The summed E-state index contributed by atoms with van der Waals surface area (Å²) in [4.78, 5) is 0. The van der Waals surface area contributed by atoms with Crippen LogP contribution in [0.4, 0.5) is 4.39 Å². The quantitative estimate of drug-likeness (QED) is 0.710. The molecule has 0 heterocycles. The van der Waals surface area contributed by atoms with Gasteiger partial charge in [0.15, 0.2) is 0 Å². The molecule has 0 atom stereocenters. The lowest BCUT2D eigenvalue weighted by Gasteiger charge is -2.00. The van der Waals surface area contributed by atoms with E-state index in [0.29, 0.717) is 0 Å². The molecule has 0 bridgehead atoms. The van der Waals surface area contributed by atoms with Crippen LogP contribution in [0.15, 0.2) is 22.7 Å². The molecule has 60 valence electrons. The molecule has 11 heavy (non-hydrogen) atoms. The molecule has 0 nitrogen and oxygen atoms in total. The first kappa shape index (κ1) is 8.72. The van der Waals surface area contributed by atoms with E-state index in [2.05, 4.69) is 15.9 Å². The molecule has 0 spiro atoms. The largest absolute Gasteiger partial charge is 0.207 e. The molecule has 1 aromatic carbocycles. The van der Waals surface area contributed by atoms with Crippen molar-refractivity contribution in [2.45, 2.75) is 19.8 Å². The number of aryl methyl sites for hydroxylation is 1. The van der Waals surface area contributed by atoms with Gasteiger partial charge in [0, 0.05) is 4.47 Å². The molecule has 0 amide bonds. The van der Waals surface area contributed by atoms with E-state index in [1.165, 1.54) is 6.07 Å². The number of hydrogen-bond acceptors (Lipinski definition) is 0. The van der Waals surface area contributed by atoms with Crippen LogP contribution in [-0.2, 0) is 6.42 Å². The zero-order valence-corrected chi connectivity index (χ0v) is 7.99. The Bertz CT molecular complexity index is 245. The van der Waals surface area contributed by atoms with E-state index in [1.54, 1.807) is 6.07 Å². The van der Waals surface area contributed by atoms with Crippen LogP contribution in [0.2, 0.25) is 0 Å². The molecule has 2 heteroatoms. The topological polar surface area (TPSA) is 0 Å². The van der Waals surface area contributed by atoms with E-state index in [1.807, 2.05) is 13.0 Å². The molecule has 0 saturated heterocycles. The molecule has 0 aromatic heterocycles. The Morgan fingerprint density at radius 3 is 2.82 bits per heavy atom. The predicted molar refractivity (Wildman–Crippen MR) is 48.1 cm³/mol. The van der Waals surface area contributed by atoms with Gasteiger partial charge in [-0.05, 0) is 30.2 Å². The second-order valence-electron chi connectivity index (χ2n) is 2.49. The molecule has 0 aliphatic heterocycles. The molecular formula is C9H10BrF. The van der Waals surface area contributed by atoms with Crippen LogP contribution in [0.5, 0.6) is 0 Å². The zero-order chi connectivity index (χ0) is 8.27. The van der Waals surface area contributed by atoms with Crippen molar-refractivity contribution >= 4 is 15.9 Å². The fraction of sp³-hybridized carbons (Fsp3) is 0.333. The summed E-state index contributed by atoms with van der Waals surface area (Å²) in [5.74, 6) is -0.102. The smallest absolute Gasteiger partial charge is 0.126 e. The summed E-state index contributed by atoms with van der Waals surface area (Å²) in [6.45, 7) is 2.04. The first-order valence-electron chi connectivity index (χ1n) is 3.68. The van der Waals surface area contributed by atoms with Gasteiger partial charge in [0.25, 0.3) is 0 Å².